The summed E-state index contributed by atoms with van der Waals surface area (Å²) in [5, 5.41) is 14.3. The fourth-order valence-electron chi connectivity index (χ4n) is 2.59. The van der Waals surface area contributed by atoms with E-state index in [1.807, 2.05) is 30.3 Å². The monoisotopic (exact) mass is 313 g/mol. The second-order valence-electron chi connectivity index (χ2n) is 5.05. The molecule has 7 heteroatoms. The summed E-state index contributed by atoms with van der Waals surface area (Å²) in [5.74, 6) is 0.760. The third-order valence-electron chi connectivity index (χ3n) is 3.66. The van der Waals surface area contributed by atoms with Gasteiger partial charge >= 0.3 is 0 Å². The minimum Gasteiger partial charge on any atom is -0.369 e. The molecule has 0 saturated carbocycles. The van der Waals surface area contributed by atoms with Gasteiger partial charge in [0.25, 0.3) is 5.95 Å². The van der Waals surface area contributed by atoms with E-state index in [2.05, 4.69) is 37.9 Å². The molecule has 3 aromatic rings. The molecule has 0 radical (unpaired) electrons. The molecule has 1 unspecified atom stereocenters. The third kappa shape index (κ3) is 2.49. The van der Waals surface area contributed by atoms with Crippen LogP contribution in [0.25, 0.3) is 5.69 Å². The summed E-state index contributed by atoms with van der Waals surface area (Å²) in [5.41, 5.74) is 0.960. The predicted molar refractivity (Wildman–Crippen MR) is 84.4 cm³/mol. The number of hydrogen-bond donors (Lipinski definition) is 0. The third-order valence-corrected chi connectivity index (χ3v) is 4.63. The second-order valence-corrected chi connectivity index (χ2v) is 6.03. The van der Waals surface area contributed by atoms with Crippen LogP contribution < -0.4 is 4.90 Å². The van der Waals surface area contributed by atoms with E-state index < -0.39 is 0 Å². The van der Waals surface area contributed by atoms with Gasteiger partial charge in [-0.05, 0) is 34.0 Å². The van der Waals surface area contributed by atoms with Gasteiger partial charge in [-0.1, -0.05) is 29.4 Å². The van der Waals surface area contributed by atoms with Gasteiger partial charge in [-0.3, -0.25) is 0 Å². The first kappa shape index (κ1) is 13.4. The van der Waals surface area contributed by atoms with Gasteiger partial charge in [-0.25, -0.2) is 0 Å². The van der Waals surface area contributed by atoms with Crippen molar-refractivity contribution in [1.29, 1.82) is 0 Å². The van der Waals surface area contributed by atoms with Crippen molar-refractivity contribution in [2.45, 2.75) is 6.10 Å². The van der Waals surface area contributed by atoms with E-state index >= 15 is 0 Å². The van der Waals surface area contributed by atoms with Gasteiger partial charge in [0, 0.05) is 11.4 Å². The SMILES string of the molecule is c1ccc(-n2nnnc2N2CCOC(c3cccs3)C2)cc1. The minimum absolute atomic E-state index is 0.0784. The first-order valence-corrected chi connectivity index (χ1v) is 8.03. The highest BCUT2D eigenvalue weighted by Gasteiger charge is 2.26. The maximum atomic E-state index is 5.89. The molecule has 0 bridgehead atoms. The van der Waals surface area contributed by atoms with Gasteiger partial charge < -0.3 is 9.64 Å². The molecule has 112 valence electrons. The topological polar surface area (TPSA) is 56.1 Å². The molecule has 0 aliphatic carbocycles. The van der Waals surface area contributed by atoms with E-state index in [0.717, 1.165) is 24.7 Å². The molecule has 0 spiro atoms. The number of rotatable bonds is 3. The van der Waals surface area contributed by atoms with Crippen LogP contribution in [0.1, 0.15) is 11.0 Å². The molecule has 0 N–H and O–H groups in total. The van der Waals surface area contributed by atoms with Crippen LogP contribution in [0.4, 0.5) is 5.95 Å². The molecule has 1 atom stereocenters. The van der Waals surface area contributed by atoms with E-state index in [9.17, 15) is 0 Å². The van der Waals surface area contributed by atoms with E-state index in [0.29, 0.717) is 6.61 Å². The zero-order valence-electron chi connectivity index (χ0n) is 11.9. The van der Waals surface area contributed by atoms with Crippen LogP contribution in [0.2, 0.25) is 0 Å². The quantitative estimate of drug-likeness (QED) is 0.742. The largest absolute Gasteiger partial charge is 0.369 e. The van der Waals surface area contributed by atoms with Crippen LogP contribution in [0.5, 0.6) is 0 Å². The van der Waals surface area contributed by atoms with Crippen molar-refractivity contribution in [2.24, 2.45) is 0 Å². The lowest BCUT2D eigenvalue weighted by molar-refractivity contribution is 0.0414. The molecule has 3 heterocycles. The van der Waals surface area contributed by atoms with Gasteiger partial charge in [0.2, 0.25) is 0 Å². The molecule has 2 aromatic heterocycles. The summed E-state index contributed by atoms with van der Waals surface area (Å²) >= 11 is 1.72. The summed E-state index contributed by atoms with van der Waals surface area (Å²) in [4.78, 5) is 3.42. The van der Waals surface area contributed by atoms with Crippen molar-refractivity contribution in [3.05, 3.63) is 52.7 Å². The van der Waals surface area contributed by atoms with Crippen molar-refractivity contribution in [2.75, 3.05) is 24.6 Å². The molecule has 1 saturated heterocycles. The summed E-state index contributed by atoms with van der Waals surface area (Å²) in [6, 6.07) is 14.1. The Labute approximate surface area is 131 Å². The van der Waals surface area contributed by atoms with Crippen LogP contribution in [0, 0.1) is 0 Å². The highest BCUT2D eigenvalue weighted by Crippen LogP contribution is 2.28. The van der Waals surface area contributed by atoms with Gasteiger partial charge in [-0.2, -0.15) is 4.68 Å². The lowest BCUT2D eigenvalue weighted by atomic mass is 10.2. The van der Waals surface area contributed by atoms with Crippen LogP contribution in [-0.2, 0) is 4.74 Å². The molecule has 22 heavy (non-hydrogen) atoms. The first-order valence-electron chi connectivity index (χ1n) is 7.15. The molecule has 1 aliphatic rings. The van der Waals surface area contributed by atoms with E-state index in [4.69, 9.17) is 4.74 Å². The fourth-order valence-corrected chi connectivity index (χ4v) is 3.36. The average molecular weight is 313 g/mol. The number of ether oxygens (including phenoxy) is 1. The van der Waals surface area contributed by atoms with Gasteiger partial charge in [0.1, 0.15) is 6.10 Å². The highest BCUT2D eigenvalue weighted by atomic mass is 32.1. The Morgan fingerprint density at radius 2 is 2.05 bits per heavy atom. The Morgan fingerprint density at radius 3 is 2.86 bits per heavy atom. The molecular weight excluding hydrogens is 298 g/mol. The lowest BCUT2D eigenvalue weighted by Gasteiger charge is -2.32. The van der Waals surface area contributed by atoms with Crippen molar-refractivity contribution in [1.82, 2.24) is 20.2 Å². The fraction of sp³-hybridized carbons (Fsp3) is 0.267. The van der Waals surface area contributed by atoms with E-state index in [-0.39, 0.29) is 6.10 Å². The number of para-hydroxylation sites is 1. The van der Waals surface area contributed by atoms with Crippen molar-refractivity contribution in [3.8, 4) is 5.69 Å². The summed E-state index contributed by atoms with van der Waals surface area (Å²) in [6.45, 7) is 2.22. The standard InChI is InChI=1S/C15H15N5OS/c1-2-5-12(6-3-1)20-15(16-17-18-20)19-8-9-21-13(11-19)14-7-4-10-22-14/h1-7,10,13H,8-9,11H2. The smallest absolute Gasteiger partial charge is 0.250 e. The van der Waals surface area contributed by atoms with Crippen molar-refractivity contribution >= 4 is 17.3 Å². The summed E-state index contributed by atoms with van der Waals surface area (Å²) in [6.07, 6.45) is 0.0784. The molecular formula is C15H15N5OS. The molecule has 4 rings (SSSR count). The second kappa shape index (κ2) is 5.86. The summed E-state index contributed by atoms with van der Waals surface area (Å²) < 4.78 is 7.66. The van der Waals surface area contributed by atoms with E-state index in [1.54, 1.807) is 16.0 Å². The number of nitrogens with zero attached hydrogens (tertiary/aromatic N) is 5. The Balaban J connectivity index is 1.61. The summed E-state index contributed by atoms with van der Waals surface area (Å²) in [7, 11) is 0. The van der Waals surface area contributed by atoms with Gasteiger partial charge in [0.15, 0.2) is 0 Å². The number of thiophene rings is 1. The van der Waals surface area contributed by atoms with Crippen molar-refractivity contribution < 1.29 is 4.74 Å². The Morgan fingerprint density at radius 1 is 1.14 bits per heavy atom. The lowest BCUT2D eigenvalue weighted by Crippen LogP contribution is -2.39. The van der Waals surface area contributed by atoms with Crippen LogP contribution in [-0.4, -0.2) is 39.9 Å². The number of tetrazole rings is 1. The molecule has 1 aromatic carbocycles. The number of hydrogen-bond acceptors (Lipinski definition) is 6. The minimum atomic E-state index is 0.0784. The Kier molecular flexibility index (Phi) is 3.57. The first-order chi connectivity index (χ1) is 10.9. The number of benzene rings is 1. The van der Waals surface area contributed by atoms with Crippen LogP contribution in [0.3, 0.4) is 0 Å². The normalized spacial score (nSPS) is 18.5. The Bertz CT molecular complexity index is 727. The number of aromatic nitrogens is 4. The van der Waals surface area contributed by atoms with Gasteiger partial charge in [0.05, 0.1) is 18.8 Å². The maximum Gasteiger partial charge on any atom is 0.250 e. The number of morpholine rings is 1. The Hall–Kier alpha value is -2.25. The predicted octanol–water partition coefficient (Wildman–Crippen LogP) is 2.30. The average Bonchev–Trinajstić information content (AvgIpc) is 3.27. The van der Waals surface area contributed by atoms with Crippen molar-refractivity contribution in [3.63, 3.8) is 0 Å². The van der Waals surface area contributed by atoms with Crippen LogP contribution in [0.15, 0.2) is 47.8 Å². The molecule has 1 aliphatic heterocycles. The molecule has 0 amide bonds. The maximum absolute atomic E-state index is 5.89. The van der Waals surface area contributed by atoms with E-state index in [1.165, 1.54) is 4.88 Å². The molecule has 1 fully saturated rings. The zero-order chi connectivity index (χ0) is 14.8. The number of anilines is 1. The molecule has 6 nitrogen and oxygen atoms in total. The highest BCUT2D eigenvalue weighted by molar-refractivity contribution is 7.10. The van der Waals surface area contributed by atoms with Gasteiger partial charge in [-0.15, -0.1) is 11.3 Å². The zero-order valence-corrected chi connectivity index (χ0v) is 12.7. The van der Waals surface area contributed by atoms with Crippen LogP contribution >= 0.6 is 11.3 Å².